The van der Waals surface area contributed by atoms with Gasteiger partial charge in [-0.1, -0.05) is 12.2 Å². The Hall–Kier alpha value is -3.26. The molecular weight excluding hydrogens is 430 g/mol. The van der Waals surface area contributed by atoms with Crippen LogP contribution in [0.1, 0.15) is 38.5 Å². The van der Waals surface area contributed by atoms with E-state index >= 15 is 0 Å². The van der Waals surface area contributed by atoms with E-state index in [1.54, 1.807) is 24.3 Å². The molecule has 3 aliphatic rings. The molecule has 1 N–H and O–H groups in total. The van der Waals surface area contributed by atoms with Gasteiger partial charge in [-0.25, -0.2) is 9.97 Å². The molecule has 8 nitrogen and oxygen atoms in total. The van der Waals surface area contributed by atoms with Crippen LogP contribution >= 0.6 is 0 Å². The van der Waals surface area contributed by atoms with E-state index in [1.807, 2.05) is 12.1 Å². The van der Waals surface area contributed by atoms with Gasteiger partial charge in [-0.3, -0.25) is 9.79 Å². The smallest absolute Gasteiger partial charge is 0.268 e. The summed E-state index contributed by atoms with van der Waals surface area (Å²) in [7, 11) is 1.78. The van der Waals surface area contributed by atoms with Crippen molar-refractivity contribution in [2.75, 3.05) is 32.1 Å². The standard InChI is InChI=1S/C26H33N5O3/c1-3-5-20(19-10-14-33-15-11-19)16-24(23-17-27-18-25(32)31(23)2)34-22-8-6-21(7-9-22)30-26-28-12-4-13-29-26/h3-4,10,12-13,16,18,21-22H,1,5-9,11,14-15,17H2,2H3,(H,28,29,30)/b20-16+,24-23-. The second kappa shape index (κ2) is 11.7. The van der Waals surface area contributed by atoms with Crippen LogP contribution in [0.2, 0.25) is 0 Å². The topological polar surface area (TPSA) is 88.9 Å². The summed E-state index contributed by atoms with van der Waals surface area (Å²) in [6.07, 6.45) is 16.4. The van der Waals surface area contributed by atoms with E-state index in [-0.39, 0.29) is 12.0 Å². The molecule has 2 aliphatic heterocycles. The van der Waals surface area contributed by atoms with Gasteiger partial charge in [0.25, 0.3) is 5.91 Å². The Balaban J connectivity index is 1.52. The minimum atomic E-state index is -0.137. The normalized spacial score (nSPS) is 25.0. The molecule has 180 valence electrons. The van der Waals surface area contributed by atoms with Gasteiger partial charge in [-0.05, 0) is 61.8 Å². The van der Waals surface area contributed by atoms with Crippen molar-refractivity contribution < 1.29 is 14.3 Å². The lowest BCUT2D eigenvalue weighted by atomic mass is 9.92. The minimum Gasteiger partial charge on any atom is -0.489 e. The van der Waals surface area contributed by atoms with E-state index in [1.165, 1.54) is 11.8 Å². The van der Waals surface area contributed by atoms with E-state index in [0.717, 1.165) is 55.6 Å². The van der Waals surface area contributed by atoms with Gasteiger partial charge < -0.3 is 19.7 Å². The average molecular weight is 464 g/mol. The molecule has 0 atom stereocenters. The average Bonchev–Trinajstić information content (AvgIpc) is 2.87. The van der Waals surface area contributed by atoms with Crippen molar-refractivity contribution in [2.45, 2.75) is 50.7 Å². The van der Waals surface area contributed by atoms with Crippen molar-refractivity contribution in [3.05, 3.63) is 65.9 Å². The molecule has 0 radical (unpaired) electrons. The molecule has 34 heavy (non-hydrogen) atoms. The van der Waals surface area contributed by atoms with Gasteiger partial charge in [-0.15, -0.1) is 6.58 Å². The van der Waals surface area contributed by atoms with Gasteiger partial charge in [0.05, 0.1) is 37.8 Å². The van der Waals surface area contributed by atoms with Crippen molar-refractivity contribution in [2.24, 2.45) is 4.99 Å². The third-order valence-electron chi connectivity index (χ3n) is 6.37. The van der Waals surface area contributed by atoms with Crippen molar-refractivity contribution in [1.29, 1.82) is 0 Å². The van der Waals surface area contributed by atoms with Crippen molar-refractivity contribution in [3.8, 4) is 0 Å². The molecule has 1 aromatic heterocycles. The zero-order valence-electron chi connectivity index (χ0n) is 19.8. The summed E-state index contributed by atoms with van der Waals surface area (Å²) < 4.78 is 12.1. The number of nitrogens with zero attached hydrogens (tertiary/aromatic N) is 4. The Morgan fingerprint density at radius 2 is 2.09 bits per heavy atom. The lowest BCUT2D eigenvalue weighted by Crippen LogP contribution is -2.34. The predicted octanol–water partition coefficient (Wildman–Crippen LogP) is 3.82. The van der Waals surface area contributed by atoms with Crippen molar-refractivity contribution in [1.82, 2.24) is 14.9 Å². The number of allylic oxidation sites excluding steroid dienone is 3. The van der Waals surface area contributed by atoms with Crippen LogP contribution in [-0.4, -0.2) is 65.9 Å². The molecule has 0 aromatic carbocycles. The first kappa shape index (κ1) is 23.9. The maximum Gasteiger partial charge on any atom is 0.268 e. The molecule has 8 heteroatoms. The molecule has 0 unspecified atom stereocenters. The fraction of sp³-hybridized carbons (Fsp3) is 0.462. The number of likely N-dealkylation sites (N-methyl/N-ethyl adjacent to an activating group) is 1. The van der Waals surface area contributed by atoms with Crippen LogP contribution in [-0.2, 0) is 14.3 Å². The lowest BCUT2D eigenvalue weighted by Gasteiger charge is -2.32. The Morgan fingerprint density at radius 3 is 2.79 bits per heavy atom. The monoisotopic (exact) mass is 463 g/mol. The summed E-state index contributed by atoms with van der Waals surface area (Å²) in [5.41, 5.74) is 3.18. The van der Waals surface area contributed by atoms with Gasteiger partial charge in [0, 0.05) is 25.5 Å². The number of hydrogen-bond donors (Lipinski definition) is 1. The molecule has 1 saturated carbocycles. The highest BCUT2D eigenvalue weighted by atomic mass is 16.5. The van der Waals surface area contributed by atoms with Gasteiger partial charge in [0.15, 0.2) is 0 Å². The SMILES string of the molecule is C=CC/C(=C\C(OC1CCC(Nc2ncccn2)CC1)=C1/CN=CC(=O)N1C)C1=CCOCC1. The molecule has 4 rings (SSSR count). The summed E-state index contributed by atoms with van der Waals surface area (Å²) >= 11 is 0. The third-order valence-corrected chi connectivity index (χ3v) is 6.37. The number of ether oxygens (including phenoxy) is 2. The minimum absolute atomic E-state index is 0.0662. The van der Waals surface area contributed by atoms with E-state index < -0.39 is 0 Å². The van der Waals surface area contributed by atoms with Gasteiger partial charge in [-0.2, -0.15) is 0 Å². The van der Waals surface area contributed by atoms with Crippen LogP contribution in [0.5, 0.6) is 0 Å². The number of aromatic nitrogens is 2. The molecular formula is C26H33N5O3. The number of hydrogen-bond acceptors (Lipinski definition) is 7. The van der Waals surface area contributed by atoms with E-state index in [0.29, 0.717) is 31.7 Å². The first-order valence-electron chi connectivity index (χ1n) is 11.9. The molecule has 1 fully saturated rings. The number of nitrogens with one attached hydrogen (secondary N) is 1. The lowest BCUT2D eigenvalue weighted by molar-refractivity contribution is -0.121. The fourth-order valence-electron chi connectivity index (χ4n) is 4.44. The largest absolute Gasteiger partial charge is 0.489 e. The molecule has 0 bridgehead atoms. The third kappa shape index (κ3) is 6.20. The molecule has 1 aromatic rings. The molecule has 0 spiro atoms. The Bertz CT molecular complexity index is 991. The molecule has 0 saturated heterocycles. The van der Waals surface area contributed by atoms with Gasteiger partial charge in [0.2, 0.25) is 5.95 Å². The van der Waals surface area contributed by atoms with Crippen LogP contribution in [0.25, 0.3) is 0 Å². The summed E-state index contributed by atoms with van der Waals surface area (Å²) in [5, 5.41) is 3.42. The van der Waals surface area contributed by atoms with Crippen LogP contribution in [0.3, 0.4) is 0 Å². The number of aliphatic imine (C=N–C) groups is 1. The van der Waals surface area contributed by atoms with Crippen LogP contribution in [0, 0.1) is 0 Å². The Morgan fingerprint density at radius 1 is 1.29 bits per heavy atom. The summed E-state index contributed by atoms with van der Waals surface area (Å²) in [6, 6.07) is 2.13. The zero-order chi connectivity index (χ0) is 23.8. The van der Waals surface area contributed by atoms with E-state index in [9.17, 15) is 4.79 Å². The van der Waals surface area contributed by atoms with Crippen LogP contribution in [0.4, 0.5) is 5.95 Å². The number of anilines is 1. The molecule has 1 aliphatic carbocycles. The summed E-state index contributed by atoms with van der Waals surface area (Å²) in [4.78, 5) is 26.8. The summed E-state index contributed by atoms with van der Waals surface area (Å²) in [5.74, 6) is 1.25. The molecule has 3 heterocycles. The van der Waals surface area contributed by atoms with Crippen molar-refractivity contribution >= 4 is 18.1 Å². The fourth-order valence-corrected chi connectivity index (χ4v) is 4.44. The van der Waals surface area contributed by atoms with Crippen LogP contribution < -0.4 is 5.32 Å². The quantitative estimate of drug-likeness (QED) is 0.466. The second-order valence-electron chi connectivity index (χ2n) is 8.70. The first-order valence-corrected chi connectivity index (χ1v) is 11.9. The zero-order valence-corrected chi connectivity index (χ0v) is 19.8. The maximum absolute atomic E-state index is 12.3. The number of carbonyl (C=O) groups excluding carboxylic acids is 1. The van der Waals surface area contributed by atoms with E-state index in [4.69, 9.17) is 9.47 Å². The van der Waals surface area contributed by atoms with Crippen molar-refractivity contribution in [3.63, 3.8) is 0 Å². The second-order valence-corrected chi connectivity index (χ2v) is 8.70. The van der Waals surface area contributed by atoms with Gasteiger partial charge >= 0.3 is 0 Å². The van der Waals surface area contributed by atoms with Crippen LogP contribution in [0.15, 0.2) is 70.9 Å². The highest BCUT2D eigenvalue weighted by molar-refractivity contribution is 6.27. The Labute approximate surface area is 201 Å². The first-order chi connectivity index (χ1) is 16.6. The predicted molar refractivity (Wildman–Crippen MR) is 132 cm³/mol. The van der Waals surface area contributed by atoms with E-state index in [2.05, 4.69) is 39.0 Å². The Kier molecular flexibility index (Phi) is 8.25. The highest BCUT2D eigenvalue weighted by Crippen LogP contribution is 2.30. The number of carbonyl (C=O) groups is 1. The number of rotatable bonds is 8. The molecule has 1 amide bonds. The summed E-state index contributed by atoms with van der Waals surface area (Å²) in [6.45, 7) is 5.67. The highest BCUT2D eigenvalue weighted by Gasteiger charge is 2.27. The van der Waals surface area contributed by atoms with Gasteiger partial charge in [0.1, 0.15) is 5.76 Å². The maximum atomic E-state index is 12.3. The number of amides is 1.